The molecule has 0 radical (unpaired) electrons. The SMILES string of the molecule is CC(C)(C)c1cc(C(=O)CN2C[C@H](CN)[C@@H](c3ccccc3)C2=NBr)cc(C(C)(C)C)c1O. The lowest BCUT2D eigenvalue weighted by Crippen LogP contribution is -2.33. The first kappa shape index (κ1) is 25.4. The van der Waals surface area contributed by atoms with Crippen LogP contribution in [-0.4, -0.2) is 41.3 Å². The molecule has 33 heavy (non-hydrogen) atoms. The Morgan fingerprint density at radius 1 is 1.09 bits per heavy atom. The van der Waals surface area contributed by atoms with Crippen LogP contribution in [-0.2, 0) is 10.8 Å². The molecule has 178 valence electrons. The molecule has 1 heterocycles. The fourth-order valence-corrected chi connectivity index (χ4v) is 5.08. The Morgan fingerprint density at radius 2 is 1.64 bits per heavy atom. The van der Waals surface area contributed by atoms with Crippen molar-refractivity contribution in [1.82, 2.24) is 4.90 Å². The summed E-state index contributed by atoms with van der Waals surface area (Å²) in [6, 6.07) is 13.9. The molecule has 2 aromatic carbocycles. The van der Waals surface area contributed by atoms with Gasteiger partial charge in [-0.2, -0.15) is 4.02 Å². The third kappa shape index (κ3) is 5.33. The quantitative estimate of drug-likeness (QED) is 0.513. The molecule has 5 nitrogen and oxygen atoms in total. The van der Waals surface area contributed by atoms with E-state index in [-0.39, 0.29) is 40.7 Å². The fraction of sp³-hybridized carbons (Fsp3) is 0.481. The molecule has 0 bridgehead atoms. The number of benzene rings is 2. The van der Waals surface area contributed by atoms with Gasteiger partial charge in [-0.25, -0.2) is 0 Å². The number of carbonyl (C=O) groups is 1. The number of hydrogen-bond donors (Lipinski definition) is 2. The molecular weight excluding hydrogens is 478 g/mol. The average Bonchev–Trinajstić information content (AvgIpc) is 3.09. The largest absolute Gasteiger partial charge is 0.507 e. The molecule has 1 aliphatic rings. The Balaban J connectivity index is 1.97. The van der Waals surface area contributed by atoms with Crippen LogP contribution in [0.3, 0.4) is 0 Å². The summed E-state index contributed by atoms with van der Waals surface area (Å²) >= 11 is 3.30. The zero-order valence-electron chi connectivity index (χ0n) is 20.5. The second-order valence-corrected chi connectivity index (χ2v) is 11.4. The highest BCUT2D eigenvalue weighted by atomic mass is 79.9. The zero-order chi connectivity index (χ0) is 24.6. The van der Waals surface area contributed by atoms with E-state index in [1.165, 1.54) is 0 Å². The number of halogens is 1. The Hall–Kier alpha value is -2.18. The number of hydrogen-bond acceptors (Lipinski definition) is 4. The number of Topliss-reactive ketones (excluding diaryl/α,β-unsaturated/α-hetero) is 1. The predicted octanol–water partition coefficient (Wildman–Crippen LogP) is 5.55. The van der Waals surface area contributed by atoms with E-state index < -0.39 is 0 Å². The van der Waals surface area contributed by atoms with Crippen molar-refractivity contribution in [2.24, 2.45) is 15.7 Å². The van der Waals surface area contributed by atoms with Crippen molar-refractivity contribution >= 4 is 27.8 Å². The van der Waals surface area contributed by atoms with E-state index in [1.54, 1.807) is 0 Å². The van der Waals surface area contributed by atoms with E-state index in [0.717, 1.165) is 22.5 Å². The van der Waals surface area contributed by atoms with Crippen molar-refractivity contribution in [3.8, 4) is 5.75 Å². The number of rotatable bonds is 5. The minimum Gasteiger partial charge on any atom is -0.507 e. The summed E-state index contributed by atoms with van der Waals surface area (Å²) < 4.78 is 4.41. The van der Waals surface area contributed by atoms with Crippen LogP contribution in [0.1, 0.15) is 74.5 Å². The van der Waals surface area contributed by atoms with Gasteiger partial charge in [-0.05, 0) is 35.1 Å². The lowest BCUT2D eigenvalue weighted by Gasteiger charge is -2.28. The number of phenols is 1. The minimum atomic E-state index is -0.292. The normalized spacial score (nSPS) is 20.5. The first-order chi connectivity index (χ1) is 15.4. The number of nitrogens with zero attached hydrogens (tertiary/aromatic N) is 2. The van der Waals surface area contributed by atoms with Gasteiger partial charge in [0.15, 0.2) is 5.78 Å². The Morgan fingerprint density at radius 3 is 2.09 bits per heavy atom. The van der Waals surface area contributed by atoms with E-state index in [9.17, 15) is 9.90 Å². The van der Waals surface area contributed by atoms with E-state index >= 15 is 0 Å². The van der Waals surface area contributed by atoms with Crippen LogP contribution in [0.5, 0.6) is 5.75 Å². The smallest absolute Gasteiger partial charge is 0.182 e. The number of carbonyl (C=O) groups excluding carboxylic acids is 1. The molecule has 3 N–H and O–H groups in total. The van der Waals surface area contributed by atoms with Crippen molar-refractivity contribution in [2.75, 3.05) is 19.6 Å². The molecule has 3 rings (SSSR count). The zero-order valence-corrected chi connectivity index (χ0v) is 22.1. The topological polar surface area (TPSA) is 78.9 Å². The van der Waals surface area contributed by atoms with Crippen molar-refractivity contribution in [3.05, 3.63) is 64.7 Å². The maximum Gasteiger partial charge on any atom is 0.182 e. The van der Waals surface area contributed by atoms with Gasteiger partial charge in [0, 0.05) is 35.1 Å². The van der Waals surface area contributed by atoms with Crippen LogP contribution < -0.4 is 5.73 Å². The summed E-state index contributed by atoms with van der Waals surface area (Å²) in [6.45, 7) is 13.7. The molecule has 2 aromatic rings. The minimum absolute atomic E-state index is 0.00383. The molecule has 2 atom stereocenters. The Kier molecular flexibility index (Phi) is 7.39. The maximum absolute atomic E-state index is 13.5. The average molecular weight is 515 g/mol. The highest BCUT2D eigenvalue weighted by Crippen LogP contribution is 2.40. The van der Waals surface area contributed by atoms with Crippen molar-refractivity contribution in [3.63, 3.8) is 0 Å². The monoisotopic (exact) mass is 513 g/mol. The number of phenolic OH excluding ortho intramolecular Hbond substituents is 1. The van der Waals surface area contributed by atoms with Crippen LogP contribution in [0.15, 0.2) is 46.5 Å². The van der Waals surface area contributed by atoms with Gasteiger partial charge < -0.3 is 15.7 Å². The first-order valence-corrected chi connectivity index (χ1v) is 12.2. The molecule has 1 aliphatic heterocycles. The molecule has 0 saturated carbocycles. The molecule has 0 amide bonds. The van der Waals surface area contributed by atoms with Gasteiger partial charge in [0.25, 0.3) is 0 Å². The van der Waals surface area contributed by atoms with E-state index in [1.807, 2.05) is 35.2 Å². The number of amidine groups is 1. The molecule has 1 fully saturated rings. The second kappa shape index (κ2) is 9.59. The van der Waals surface area contributed by atoms with Crippen molar-refractivity contribution < 1.29 is 9.90 Å². The van der Waals surface area contributed by atoms with Crippen LogP contribution in [0.4, 0.5) is 0 Å². The van der Waals surface area contributed by atoms with Gasteiger partial charge in [0.2, 0.25) is 0 Å². The highest BCUT2D eigenvalue weighted by Gasteiger charge is 2.39. The van der Waals surface area contributed by atoms with Gasteiger partial charge in [0.05, 0.1) is 22.7 Å². The molecule has 6 heteroatoms. The van der Waals surface area contributed by atoms with Crippen LogP contribution in [0.2, 0.25) is 0 Å². The maximum atomic E-state index is 13.5. The Labute approximate surface area is 206 Å². The van der Waals surface area contributed by atoms with Gasteiger partial charge in [-0.3, -0.25) is 4.79 Å². The van der Waals surface area contributed by atoms with Crippen molar-refractivity contribution in [1.29, 1.82) is 0 Å². The molecule has 0 aliphatic carbocycles. The van der Waals surface area contributed by atoms with Crippen molar-refractivity contribution in [2.45, 2.75) is 58.3 Å². The lowest BCUT2D eigenvalue weighted by atomic mass is 9.78. The number of nitrogens with two attached hydrogens (primary N) is 1. The summed E-state index contributed by atoms with van der Waals surface area (Å²) in [4.78, 5) is 15.6. The van der Waals surface area contributed by atoms with E-state index in [4.69, 9.17) is 5.73 Å². The molecule has 0 spiro atoms. The number of aromatic hydroxyl groups is 1. The third-order valence-electron chi connectivity index (χ3n) is 6.46. The Bertz CT molecular complexity index is 1000. The van der Waals surface area contributed by atoms with Crippen LogP contribution in [0.25, 0.3) is 0 Å². The highest BCUT2D eigenvalue weighted by molar-refractivity contribution is 9.08. The summed E-state index contributed by atoms with van der Waals surface area (Å²) in [5.74, 6) is 1.33. The summed E-state index contributed by atoms with van der Waals surface area (Å²) in [5.41, 5.74) is 8.88. The molecular formula is C27H36BrN3O2. The lowest BCUT2D eigenvalue weighted by molar-refractivity contribution is 0.0964. The number of ketones is 1. The van der Waals surface area contributed by atoms with Crippen LogP contribution >= 0.6 is 16.1 Å². The third-order valence-corrected chi connectivity index (χ3v) is 6.82. The first-order valence-electron chi connectivity index (χ1n) is 11.5. The van der Waals surface area contributed by atoms with E-state index in [0.29, 0.717) is 18.7 Å². The summed E-state index contributed by atoms with van der Waals surface area (Å²) in [6.07, 6.45) is 0. The van der Waals surface area contributed by atoms with Crippen LogP contribution in [0, 0.1) is 5.92 Å². The molecule has 0 aromatic heterocycles. The van der Waals surface area contributed by atoms with E-state index in [2.05, 4.69) is 73.8 Å². The van der Waals surface area contributed by atoms with Gasteiger partial charge >= 0.3 is 0 Å². The summed E-state index contributed by atoms with van der Waals surface area (Å²) in [7, 11) is 0. The van der Waals surface area contributed by atoms with Gasteiger partial charge in [-0.1, -0.05) is 71.9 Å². The van der Waals surface area contributed by atoms with Gasteiger partial charge in [-0.15, -0.1) is 0 Å². The number of likely N-dealkylation sites (tertiary alicyclic amines) is 1. The molecule has 0 unspecified atom stereocenters. The van der Waals surface area contributed by atoms with Gasteiger partial charge in [0.1, 0.15) is 11.6 Å². The summed E-state index contributed by atoms with van der Waals surface area (Å²) in [5, 5.41) is 11.0. The standard InChI is InChI=1S/C27H36BrN3O2/c1-26(2,3)20-12-18(13-21(24(20)33)27(4,5)6)22(32)16-31-15-19(14-29)23(25(31)30-28)17-10-8-7-9-11-17/h7-13,19,23,33H,14-16,29H2,1-6H3/t19-,23+/m0/s1. The predicted molar refractivity (Wildman–Crippen MR) is 139 cm³/mol. The molecule has 1 saturated heterocycles. The second-order valence-electron chi connectivity index (χ2n) is 11.1. The fourth-order valence-electron chi connectivity index (χ4n) is 4.64.